The van der Waals surface area contributed by atoms with Crippen molar-refractivity contribution >= 4 is 0 Å². The number of rotatable bonds is 7. The average Bonchev–Trinajstić information content (AvgIpc) is 2.83. The third-order valence-electron chi connectivity index (χ3n) is 5.09. The van der Waals surface area contributed by atoms with Crippen molar-refractivity contribution in [1.82, 2.24) is 0 Å². The Morgan fingerprint density at radius 2 is 1.87 bits per heavy atom. The molecule has 0 amide bonds. The van der Waals surface area contributed by atoms with Crippen LogP contribution in [0.15, 0.2) is 76.1 Å². The Labute approximate surface area is 180 Å². The van der Waals surface area contributed by atoms with Crippen molar-refractivity contribution in [2.24, 2.45) is 0 Å². The van der Waals surface area contributed by atoms with Crippen LogP contribution >= 0.6 is 0 Å². The monoisotopic (exact) mass is 417 g/mol. The Balaban J connectivity index is 1.68. The van der Waals surface area contributed by atoms with Crippen molar-refractivity contribution in [3.05, 3.63) is 99.6 Å². The molecule has 0 spiro atoms. The fourth-order valence-corrected chi connectivity index (χ4v) is 3.47. The zero-order valence-electron chi connectivity index (χ0n) is 17.0. The molecular formula is C25H23NO5. The second-order valence-corrected chi connectivity index (χ2v) is 7.30. The maximum atomic E-state index is 12.7. The van der Waals surface area contributed by atoms with Crippen molar-refractivity contribution in [1.29, 1.82) is 5.26 Å². The molecule has 6 heteroatoms. The van der Waals surface area contributed by atoms with Crippen molar-refractivity contribution in [2.45, 2.75) is 38.3 Å². The van der Waals surface area contributed by atoms with Gasteiger partial charge in [0.2, 0.25) is 11.2 Å². The summed E-state index contributed by atoms with van der Waals surface area (Å²) in [6.45, 7) is 0.851. The van der Waals surface area contributed by atoms with Crippen LogP contribution in [-0.4, -0.2) is 12.9 Å². The van der Waals surface area contributed by atoms with Crippen molar-refractivity contribution < 1.29 is 18.6 Å². The number of hydrogen-bond acceptors (Lipinski definition) is 6. The molecule has 6 nitrogen and oxygen atoms in total. The smallest absolute Gasteiger partial charge is 0.227 e. The van der Waals surface area contributed by atoms with Gasteiger partial charge in [-0.25, -0.2) is 0 Å². The topological polar surface area (TPSA) is 81.7 Å². The van der Waals surface area contributed by atoms with Crippen LogP contribution in [0.3, 0.4) is 0 Å². The van der Waals surface area contributed by atoms with Crippen LogP contribution in [0.1, 0.15) is 47.8 Å². The highest BCUT2D eigenvalue weighted by Crippen LogP contribution is 2.34. The Morgan fingerprint density at radius 1 is 1.06 bits per heavy atom. The molecule has 2 heterocycles. The third kappa shape index (κ3) is 5.21. The van der Waals surface area contributed by atoms with Crippen molar-refractivity contribution in [3.8, 4) is 11.8 Å². The van der Waals surface area contributed by atoms with Crippen LogP contribution in [0.5, 0.6) is 5.75 Å². The van der Waals surface area contributed by atoms with Crippen molar-refractivity contribution in [3.63, 3.8) is 0 Å². The van der Waals surface area contributed by atoms with Crippen molar-refractivity contribution in [2.75, 3.05) is 6.61 Å². The lowest BCUT2D eigenvalue weighted by Gasteiger charge is -2.28. The van der Waals surface area contributed by atoms with E-state index in [4.69, 9.17) is 23.9 Å². The van der Waals surface area contributed by atoms with Gasteiger partial charge >= 0.3 is 0 Å². The normalized spacial score (nSPS) is 16.9. The molecule has 158 valence electrons. The third-order valence-corrected chi connectivity index (χ3v) is 5.09. The lowest BCUT2D eigenvalue weighted by molar-refractivity contribution is -0.184. The highest BCUT2D eigenvalue weighted by Gasteiger charge is 2.28. The van der Waals surface area contributed by atoms with E-state index in [0.29, 0.717) is 12.2 Å². The van der Waals surface area contributed by atoms with Gasteiger partial charge in [0.1, 0.15) is 12.7 Å². The minimum Gasteiger partial charge on any atom is -0.482 e. The molecule has 0 aliphatic carbocycles. The lowest BCUT2D eigenvalue weighted by atomic mass is 10.0. The van der Waals surface area contributed by atoms with Gasteiger partial charge in [-0.15, -0.1) is 0 Å². The van der Waals surface area contributed by atoms with Gasteiger partial charge in [-0.3, -0.25) is 4.79 Å². The van der Waals surface area contributed by atoms with Crippen LogP contribution in [0.25, 0.3) is 0 Å². The molecule has 0 bridgehead atoms. The van der Waals surface area contributed by atoms with Crippen LogP contribution in [0.4, 0.5) is 0 Å². The molecule has 31 heavy (non-hydrogen) atoms. The summed E-state index contributed by atoms with van der Waals surface area (Å²) in [4.78, 5) is 12.7. The first-order chi connectivity index (χ1) is 15.2. The summed E-state index contributed by atoms with van der Waals surface area (Å²) in [5.74, 6) is 0.388. The summed E-state index contributed by atoms with van der Waals surface area (Å²) in [7, 11) is 0. The van der Waals surface area contributed by atoms with Crippen LogP contribution in [-0.2, 0) is 16.1 Å². The highest BCUT2D eigenvalue weighted by molar-refractivity contribution is 5.38. The predicted molar refractivity (Wildman–Crippen MR) is 113 cm³/mol. The molecule has 1 saturated heterocycles. The first kappa shape index (κ1) is 20.9. The molecule has 0 N–H and O–H groups in total. The summed E-state index contributed by atoms with van der Waals surface area (Å²) in [6.07, 6.45) is 2.96. The highest BCUT2D eigenvalue weighted by atomic mass is 16.7. The van der Waals surface area contributed by atoms with E-state index in [1.54, 1.807) is 24.3 Å². The zero-order valence-corrected chi connectivity index (χ0v) is 17.0. The second-order valence-electron chi connectivity index (χ2n) is 7.30. The minimum absolute atomic E-state index is 0.108. The van der Waals surface area contributed by atoms with E-state index < -0.39 is 12.4 Å². The van der Waals surface area contributed by atoms with Gasteiger partial charge in [-0.05, 0) is 42.5 Å². The maximum Gasteiger partial charge on any atom is 0.227 e. The number of ether oxygens (including phenoxy) is 3. The Morgan fingerprint density at radius 3 is 2.58 bits per heavy atom. The Kier molecular flexibility index (Phi) is 6.78. The largest absolute Gasteiger partial charge is 0.482 e. The fraction of sp³-hybridized carbons (Fsp3) is 0.280. The predicted octanol–water partition coefficient (Wildman–Crippen LogP) is 4.72. The van der Waals surface area contributed by atoms with Crippen LogP contribution < -0.4 is 10.2 Å². The molecule has 4 rings (SSSR count). The first-order valence-corrected chi connectivity index (χ1v) is 10.3. The summed E-state index contributed by atoms with van der Waals surface area (Å²) in [5.41, 5.74) is 1.92. The molecule has 1 aliphatic rings. The molecule has 2 unspecified atom stereocenters. The van der Waals surface area contributed by atoms with E-state index in [2.05, 4.69) is 6.07 Å². The van der Waals surface area contributed by atoms with E-state index in [-0.39, 0.29) is 23.5 Å². The van der Waals surface area contributed by atoms with Crippen LogP contribution in [0, 0.1) is 11.3 Å². The molecule has 1 aromatic heterocycles. The molecule has 2 atom stereocenters. The number of hydrogen-bond donors (Lipinski definition) is 0. The summed E-state index contributed by atoms with van der Waals surface area (Å²) >= 11 is 0. The van der Waals surface area contributed by atoms with Gasteiger partial charge in [-0.1, -0.05) is 42.5 Å². The average molecular weight is 417 g/mol. The Hall–Kier alpha value is -3.40. The number of nitrogens with zero attached hydrogens (tertiary/aromatic N) is 1. The quantitative estimate of drug-likeness (QED) is 0.553. The van der Waals surface area contributed by atoms with Gasteiger partial charge in [0, 0.05) is 12.7 Å². The molecule has 1 aliphatic heterocycles. The number of nitriles is 1. The summed E-state index contributed by atoms with van der Waals surface area (Å²) in [5, 5.41) is 9.12. The summed E-state index contributed by atoms with van der Waals surface area (Å²) in [6, 6.07) is 20.0. The molecule has 3 aromatic rings. The molecule has 0 saturated carbocycles. The van der Waals surface area contributed by atoms with E-state index in [1.165, 1.54) is 12.3 Å². The van der Waals surface area contributed by atoms with E-state index in [0.717, 1.165) is 30.4 Å². The van der Waals surface area contributed by atoms with E-state index in [9.17, 15) is 4.79 Å². The van der Waals surface area contributed by atoms with Gasteiger partial charge in [0.05, 0.1) is 17.9 Å². The second kappa shape index (κ2) is 10.1. The van der Waals surface area contributed by atoms with E-state index in [1.807, 2.05) is 30.3 Å². The molecule has 2 aromatic carbocycles. The van der Waals surface area contributed by atoms with E-state index >= 15 is 0 Å². The summed E-state index contributed by atoms with van der Waals surface area (Å²) < 4.78 is 23.7. The van der Waals surface area contributed by atoms with Gasteiger partial charge < -0.3 is 18.6 Å². The minimum atomic E-state index is -0.712. The molecular weight excluding hydrogens is 394 g/mol. The van der Waals surface area contributed by atoms with Gasteiger partial charge in [-0.2, -0.15) is 5.26 Å². The molecule has 0 radical (unpaired) electrons. The number of benzene rings is 2. The fourth-order valence-electron chi connectivity index (χ4n) is 3.47. The van der Waals surface area contributed by atoms with Gasteiger partial charge in [0.15, 0.2) is 12.1 Å². The Bertz CT molecular complexity index is 1080. The molecule has 1 fully saturated rings. The first-order valence-electron chi connectivity index (χ1n) is 10.3. The zero-order chi connectivity index (χ0) is 21.5. The van der Waals surface area contributed by atoms with Crippen LogP contribution in [0.2, 0.25) is 0 Å². The SMILES string of the molecule is N#Cc1ccc(C(OC2CCCCO2)c2occc(=O)c2OCc2ccccc2)cc1. The van der Waals surface area contributed by atoms with Gasteiger partial charge in [0.25, 0.3) is 0 Å². The lowest BCUT2D eigenvalue weighted by Crippen LogP contribution is -2.26. The standard InChI is InChI=1S/C25H23NO5/c26-16-18-9-11-20(12-10-18)23(31-22-8-4-5-14-28-22)25-24(21(27)13-15-29-25)30-17-19-6-2-1-3-7-19/h1-3,6-7,9-13,15,22-23H,4-5,8,14,17H2. The maximum absolute atomic E-state index is 12.7.